The Kier molecular flexibility index (Phi) is 5.66. The fourth-order valence-corrected chi connectivity index (χ4v) is 5.13. The summed E-state index contributed by atoms with van der Waals surface area (Å²) >= 11 is 0. The van der Waals surface area contributed by atoms with E-state index in [0.717, 1.165) is 11.1 Å². The predicted octanol–water partition coefficient (Wildman–Crippen LogP) is 7.75. The standard InChI is InChI=1S/C31H26O2/c1-2-23(31(32)33)26-17-7-8-18-29(26)30(27-19-9-13-21-11-3-5-15-24(21)27)28-20-10-14-22-12-4-6-16-25(22)28/h3-20,23,30H,2H2,1H3,(H,32,33). The molecule has 0 aliphatic heterocycles. The minimum Gasteiger partial charge on any atom is -0.481 e. The highest BCUT2D eigenvalue weighted by Gasteiger charge is 2.28. The van der Waals surface area contributed by atoms with Crippen molar-refractivity contribution in [2.24, 2.45) is 0 Å². The Morgan fingerprint density at radius 1 is 0.606 bits per heavy atom. The second kappa shape index (κ2) is 8.91. The van der Waals surface area contributed by atoms with Gasteiger partial charge < -0.3 is 5.11 Å². The van der Waals surface area contributed by atoms with E-state index in [1.165, 1.54) is 32.7 Å². The van der Waals surface area contributed by atoms with E-state index in [9.17, 15) is 9.90 Å². The second-order valence-electron chi connectivity index (χ2n) is 8.50. The Bertz CT molecular complexity index is 1360. The van der Waals surface area contributed by atoms with Crippen LogP contribution in [0, 0.1) is 0 Å². The first kappa shape index (κ1) is 21.0. The number of rotatable bonds is 6. The smallest absolute Gasteiger partial charge is 0.310 e. The highest BCUT2D eigenvalue weighted by molar-refractivity contribution is 5.91. The number of hydrogen-bond donors (Lipinski definition) is 1. The van der Waals surface area contributed by atoms with Gasteiger partial charge in [0.15, 0.2) is 0 Å². The van der Waals surface area contributed by atoms with Crippen molar-refractivity contribution < 1.29 is 9.90 Å². The second-order valence-corrected chi connectivity index (χ2v) is 8.50. The highest BCUT2D eigenvalue weighted by Crippen LogP contribution is 2.42. The van der Waals surface area contributed by atoms with Gasteiger partial charge in [-0.3, -0.25) is 4.79 Å². The summed E-state index contributed by atoms with van der Waals surface area (Å²) in [5.74, 6) is -1.42. The number of hydrogen-bond acceptors (Lipinski definition) is 1. The fraction of sp³-hybridized carbons (Fsp3) is 0.129. The van der Waals surface area contributed by atoms with Gasteiger partial charge in [0, 0.05) is 5.92 Å². The largest absolute Gasteiger partial charge is 0.481 e. The molecule has 0 aliphatic rings. The molecule has 162 valence electrons. The van der Waals surface area contributed by atoms with Crippen molar-refractivity contribution in [2.75, 3.05) is 0 Å². The van der Waals surface area contributed by atoms with Gasteiger partial charge in [-0.2, -0.15) is 0 Å². The molecular weight excluding hydrogens is 404 g/mol. The summed E-state index contributed by atoms with van der Waals surface area (Å²) in [7, 11) is 0. The summed E-state index contributed by atoms with van der Waals surface area (Å²) in [6.45, 7) is 1.94. The van der Waals surface area contributed by atoms with Crippen LogP contribution >= 0.6 is 0 Å². The molecule has 0 saturated heterocycles. The van der Waals surface area contributed by atoms with E-state index in [4.69, 9.17) is 0 Å². The molecule has 1 unspecified atom stereocenters. The number of carbonyl (C=O) groups is 1. The van der Waals surface area contributed by atoms with Crippen molar-refractivity contribution in [1.29, 1.82) is 0 Å². The predicted molar refractivity (Wildman–Crippen MR) is 136 cm³/mol. The quantitative estimate of drug-likeness (QED) is 0.280. The van der Waals surface area contributed by atoms with Crippen LogP contribution in [0.5, 0.6) is 0 Å². The normalized spacial score (nSPS) is 12.3. The third kappa shape index (κ3) is 3.78. The van der Waals surface area contributed by atoms with Crippen molar-refractivity contribution in [1.82, 2.24) is 0 Å². The maximum Gasteiger partial charge on any atom is 0.310 e. The van der Waals surface area contributed by atoms with E-state index in [1.54, 1.807) is 0 Å². The molecule has 0 saturated carbocycles. The molecule has 0 radical (unpaired) electrons. The maximum absolute atomic E-state index is 12.2. The molecule has 0 fully saturated rings. The molecule has 1 atom stereocenters. The molecule has 0 aromatic heterocycles. The van der Waals surface area contributed by atoms with Crippen LogP contribution in [0.3, 0.4) is 0 Å². The first-order chi connectivity index (χ1) is 16.2. The summed E-state index contributed by atoms with van der Waals surface area (Å²) in [5.41, 5.74) is 4.33. The first-order valence-electron chi connectivity index (χ1n) is 11.5. The van der Waals surface area contributed by atoms with Crippen LogP contribution in [0.2, 0.25) is 0 Å². The lowest BCUT2D eigenvalue weighted by Crippen LogP contribution is -2.16. The van der Waals surface area contributed by atoms with Gasteiger partial charge in [-0.05, 0) is 50.2 Å². The first-order valence-corrected chi connectivity index (χ1v) is 11.5. The van der Waals surface area contributed by atoms with Crippen molar-refractivity contribution in [3.63, 3.8) is 0 Å². The number of benzene rings is 5. The summed E-state index contributed by atoms with van der Waals surface area (Å²) in [6.07, 6.45) is 0.546. The lowest BCUT2D eigenvalue weighted by atomic mass is 9.77. The third-order valence-corrected chi connectivity index (χ3v) is 6.66. The van der Waals surface area contributed by atoms with E-state index in [1.807, 2.05) is 25.1 Å². The van der Waals surface area contributed by atoms with E-state index in [2.05, 4.69) is 91.0 Å². The van der Waals surface area contributed by atoms with Crippen molar-refractivity contribution >= 4 is 27.5 Å². The van der Waals surface area contributed by atoms with E-state index < -0.39 is 11.9 Å². The summed E-state index contributed by atoms with van der Waals surface area (Å²) in [6, 6.07) is 37.8. The van der Waals surface area contributed by atoms with Crippen LogP contribution in [0.25, 0.3) is 21.5 Å². The molecule has 5 rings (SSSR count). The Labute approximate surface area is 194 Å². The molecule has 0 aliphatic carbocycles. The zero-order valence-electron chi connectivity index (χ0n) is 18.6. The number of aliphatic carboxylic acids is 1. The fourth-order valence-electron chi connectivity index (χ4n) is 5.13. The molecule has 2 heteroatoms. The lowest BCUT2D eigenvalue weighted by molar-refractivity contribution is -0.138. The molecule has 0 heterocycles. The third-order valence-electron chi connectivity index (χ3n) is 6.66. The number of carboxylic acid groups (broad SMARTS) is 1. The average molecular weight is 431 g/mol. The topological polar surface area (TPSA) is 37.3 Å². The van der Waals surface area contributed by atoms with E-state index >= 15 is 0 Å². The van der Waals surface area contributed by atoms with Gasteiger partial charge in [0.2, 0.25) is 0 Å². The van der Waals surface area contributed by atoms with Gasteiger partial charge in [0.25, 0.3) is 0 Å². The van der Waals surface area contributed by atoms with Crippen LogP contribution in [0.4, 0.5) is 0 Å². The summed E-state index contributed by atoms with van der Waals surface area (Å²) in [5, 5.41) is 14.8. The van der Waals surface area contributed by atoms with Gasteiger partial charge >= 0.3 is 5.97 Å². The average Bonchev–Trinajstić information content (AvgIpc) is 2.85. The van der Waals surface area contributed by atoms with Crippen LogP contribution < -0.4 is 0 Å². The molecular formula is C31H26O2. The Balaban J connectivity index is 1.87. The SMILES string of the molecule is CCC(C(=O)O)c1ccccc1C(c1cccc2ccccc12)c1cccc2ccccc12. The molecule has 5 aromatic carbocycles. The number of fused-ring (bicyclic) bond motifs is 2. The van der Waals surface area contributed by atoms with Crippen LogP contribution in [0.15, 0.2) is 109 Å². The lowest BCUT2D eigenvalue weighted by Gasteiger charge is -2.26. The molecule has 0 spiro atoms. The van der Waals surface area contributed by atoms with Gasteiger partial charge in [-0.25, -0.2) is 0 Å². The molecule has 2 nitrogen and oxygen atoms in total. The van der Waals surface area contributed by atoms with Gasteiger partial charge in [-0.15, -0.1) is 0 Å². The molecule has 33 heavy (non-hydrogen) atoms. The van der Waals surface area contributed by atoms with E-state index in [0.29, 0.717) is 6.42 Å². The van der Waals surface area contributed by atoms with Crippen LogP contribution in [-0.4, -0.2) is 11.1 Å². The number of carboxylic acids is 1. The van der Waals surface area contributed by atoms with Gasteiger partial charge in [0.05, 0.1) is 5.92 Å². The minimum atomic E-state index is -0.778. The Morgan fingerprint density at radius 2 is 1.03 bits per heavy atom. The molecule has 0 bridgehead atoms. The van der Waals surface area contributed by atoms with Gasteiger partial charge in [-0.1, -0.05) is 116 Å². The van der Waals surface area contributed by atoms with E-state index in [-0.39, 0.29) is 5.92 Å². The zero-order valence-corrected chi connectivity index (χ0v) is 18.6. The van der Waals surface area contributed by atoms with Crippen molar-refractivity contribution in [3.05, 3.63) is 131 Å². The van der Waals surface area contributed by atoms with Gasteiger partial charge in [0.1, 0.15) is 0 Å². The Morgan fingerprint density at radius 3 is 1.55 bits per heavy atom. The highest BCUT2D eigenvalue weighted by atomic mass is 16.4. The molecule has 0 amide bonds. The van der Waals surface area contributed by atoms with Crippen molar-refractivity contribution in [2.45, 2.75) is 25.2 Å². The van der Waals surface area contributed by atoms with Crippen LogP contribution in [0.1, 0.15) is 47.4 Å². The van der Waals surface area contributed by atoms with Crippen molar-refractivity contribution in [3.8, 4) is 0 Å². The minimum absolute atomic E-state index is 0.0909. The molecule has 1 N–H and O–H groups in total. The van der Waals surface area contributed by atoms with Crippen LogP contribution in [-0.2, 0) is 4.79 Å². The Hall–Kier alpha value is -3.91. The summed E-state index contributed by atoms with van der Waals surface area (Å²) in [4.78, 5) is 12.2. The zero-order chi connectivity index (χ0) is 22.8. The maximum atomic E-state index is 12.2. The molecule has 5 aromatic rings. The monoisotopic (exact) mass is 430 g/mol. The summed E-state index contributed by atoms with van der Waals surface area (Å²) < 4.78 is 0.